The molecule has 0 aliphatic carbocycles. The highest BCUT2D eigenvalue weighted by atomic mass is 35.5. The fraction of sp³-hybridized carbons (Fsp3) is 0.318. The molecule has 0 aliphatic heterocycles. The van der Waals surface area contributed by atoms with Crippen molar-refractivity contribution in [3.63, 3.8) is 0 Å². The summed E-state index contributed by atoms with van der Waals surface area (Å²) >= 11 is 5.95. The summed E-state index contributed by atoms with van der Waals surface area (Å²) in [5, 5.41) is 22.7. The molecule has 170 valence electrons. The first kappa shape index (κ1) is 23.6. The van der Waals surface area contributed by atoms with Gasteiger partial charge in [-0.3, -0.25) is 4.79 Å². The van der Waals surface area contributed by atoms with Gasteiger partial charge in [-0.1, -0.05) is 24.6 Å². The second-order valence-electron chi connectivity index (χ2n) is 7.39. The molecule has 0 saturated heterocycles. The standard InChI is InChI=1S/C22H25ClFN5O3/c1-3-14(10-30)27-22-26-9-12(2)21(28-22)29-7-6-15(20(25)32)19(29)16(11-31)13-4-5-18(24)17(23)8-13/h4-9,14,16,30-31H,3,10-11H2,1-2H3,(H2,25,32)(H,26,27,28)/t14-,16-/m0/s1. The van der Waals surface area contributed by atoms with Crippen molar-refractivity contribution in [2.24, 2.45) is 5.73 Å². The van der Waals surface area contributed by atoms with Crippen LogP contribution in [0.3, 0.4) is 0 Å². The highest BCUT2D eigenvalue weighted by Crippen LogP contribution is 2.32. The van der Waals surface area contributed by atoms with Crippen LogP contribution in [0, 0.1) is 12.7 Å². The van der Waals surface area contributed by atoms with Gasteiger partial charge in [-0.2, -0.15) is 4.98 Å². The van der Waals surface area contributed by atoms with Crippen molar-refractivity contribution < 1.29 is 19.4 Å². The van der Waals surface area contributed by atoms with Crippen molar-refractivity contribution in [1.29, 1.82) is 0 Å². The molecule has 2 atom stereocenters. The van der Waals surface area contributed by atoms with E-state index in [0.29, 0.717) is 35.0 Å². The van der Waals surface area contributed by atoms with E-state index in [2.05, 4.69) is 15.3 Å². The number of aryl methyl sites for hydroxylation is 1. The Labute approximate surface area is 189 Å². The van der Waals surface area contributed by atoms with Crippen molar-refractivity contribution in [3.8, 4) is 5.82 Å². The average molecular weight is 462 g/mol. The Kier molecular flexibility index (Phi) is 7.44. The maximum absolute atomic E-state index is 13.7. The lowest BCUT2D eigenvalue weighted by Gasteiger charge is -2.21. The van der Waals surface area contributed by atoms with Crippen molar-refractivity contribution in [2.45, 2.75) is 32.2 Å². The number of hydrogen-bond acceptors (Lipinski definition) is 6. The van der Waals surface area contributed by atoms with E-state index in [1.54, 1.807) is 30.0 Å². The molecule has 32 heavy (non-hydrogen) atoms. The molecule has 0 radical (unpaired) electrons. The predicted molar refractivity (Wildman–Crippen MR) is 120 cm³/mol. The number of nitrogens with one attached hydrogen (secondary N) is 1. The molecule has 0 unspecified atom stereocenters. The van der Waals surface area contributed by atoms with Crippen LogP contribution in [0.2, 0.25) is 5.02 Å². The largest absolute Gasteiger partial charge is 0.395 e. The first-order valence-corrected chi connectivity index (χ1v) is 10.5. The van der Waals surface area contributed by atoms with Crippen LogP contribution in [0.4, 0.5) is 10.3 Å². The number of benzene rings is 1. The SMILES string of the molecule is CC[C@@H](CO)Nc1ncc(C)c(-n2ccc(C(N)=O)c2[C@@H](CO)c2ccc(F)c(Cl)c2)n1. The number of nitrogens with two attached hydrogens (primary N) is 1. The zero-order valence-electron chi connectivity index (χ0n) is 17.7. The quantitative estimate of drug-likeness (QED) is 0.388. The van der Waals surface area contributed by atoms with Crippen LogP contribution in [0.15, 0.2) is 36.7 Å². The summed E-state index contributed by atoms with van der Waals surface area (Å²) in [6, 6.07) is 5.43. The molecule has 1 amide bonds. The van der Waals surface area contributed by atoms with Crippen LogP contribution >= 0.6 is 11.6 Å². The van der Waals surface area contributed by atoms with Gasteiger partial charge in [0.15, 0.2) is 0 Å². The third-order valence-electron chi connectivity index (χ3n) is 5.27. The summed E-state index contributed by atoms with van der Waals surface area (Å²) in [7, 11) is 0. The minimum atomic E-state index is -0.725. The maximum Gasteiger partial charge on any atom is 0.250 e. The normalized spacial score (nSPS) is 13.1. The van der Waals surface area contributed by atoms with Crippen molar-refractivity contribution in [3.05, 3.63) is 69.9 Å². The molecule has 5 N–H and O–H groups in total. The zero-order valence-corrected chi connectivity index (χ0v) is 18.5. The van der Waals surface area contributed by atoms with E-state index in [0.717, 1.165) is 0 Å². The van der Waals surface area contributed by atoms with Gasteiger partial charge in [0.2, 0.25) is 5.95 Å². The molecular formula is C22H25ClFN5O3. The second kappa shape index (κ2) is 10.1. The van der Waals surface area contributed by atoms with Gasteiger partial charge in [-0.15, -0.1) is 0 Å². The van der Waals surface area contributed by atoms with Gasteiger partial charge in [0.05, 0.1) is 29.8 Å². The monoisotopic (exact) mass is 461 g/mol. The van der Waals surface area contributed by atoms with Crippen LogP contribution in [0.5, 0.6) is 0 Å². The van der Waals surface area contributed by atoms with Gasteiger partial charge >= 0.3 is 0 Å². The molecule has 10 heteroatoms. The number of anilines is 1. The van der Waals surface area contributed by atoms with E-state index < -0.39 is 17.6 Å². The molecule has 2 heterocycles. The van der Waals surface area contributed by atoms with E-state index in [1.165, 1.54) is 18.2 Å². The third-order valence-corrected chi connectivity index (χ3v) is 5.56. The van der Waals surface area contributed by atoms with E-state index in [1.807, 2.05) is 6.92 Å². The lowest BCUT2D eigenvalue weighted by atomic mass is 9.93. The Hall–Kier alpha value is -3.01. The predicted octanol–water partition coefficient (Wildman–Crippen LogP) is 2.77. The lowest BCUT2D eigenvalue weighted by Crippen LogP contribution is -2.24. The molecule has 3 rings (SSSR count). The molecule has 0 fully saturated rings. The molecule has 0 aliphatic rings. The van der Waals surface area contributed by atoms with E-state index in [-0.39, 0.29) is 29.8 Å². The van der Waals surface area contributed by atoms with E-state index in [4.69, 9.17) is 17.3 Å². The van der Waals surface area contributed by atoms with Crippen molar-refractivity contribution in [2.75, 3.05) is 18.5 Å². The molecule has 8 nitrogen and oxygen atoms in total. The van der Waals surface area contributed by atoms with Crippen molar-refractivity contribution in [1.82, 2.24) is 14.5 Å². The number of amides is 1. The van der Waals surface area contributed by atoms with Gasteiger partial charge < -0.3 is 25.8 Å². The summed E-state index contributed by atoms with van der Waals surface area (Å²) in [5.74, 6) is -1.23. The number of aromatic nitrogens is 3. The number of primary amides is 1. The number of carbonyl (C=O) groups excluding carboxylic acids is 1. The fourth-order valence-electron chi connectivity index (χ4n) is 3.48. The molecule has 1 aromatic carbocycles. The van der Waals surface area contributed by atoms with Crippen LogP contribution in [-0.4, -0.2) is 49.9 Å². The molecule has 2 aromatic heterocycles. The third kappa shape index (κ3) is 4.74. The Balaban J connectivity index is 2.17. The molecule has 3 aromatic rings. The number of rotatable bonds is 9. The van der Waals surface area contributed by atoms with Crippen LogP contribution in [0.1, 0.15) is 46.4 Å². The van der Waals surface area contributed by atoms with Crippen LogP contribution in [0.25, 0.3) is 5.82 Å². The Morgan fingerprint density at radius 2 is 2.06 bits per heavy atom. The zero-order chi connectivity index (χ0) is 23.4. The molecule has 0 saturated carbocycles. The molecule has 0 bridgehead atoms. The van der Waals surface area contributed by atoms with E-state index in [9.17, 15) is 19.4 Å². The number of aliphatic hydroxyl groups excluding tert-OH is 2. The highest BCUT2D eigenvalue weighted by Gasteiger charge is 2.26. The Morgan fingerprint density at radius 1 is 1.31 bits per heavy atom. The summed E-state index contributed by atoms with van der Waals surface area (Å²) in [6.45, 7) is 3.26. The lowest BCUT2D eigenvalue weighted by molar-refractivity contribution is 0.0998. The first-order chi connectivity index (χ1) is 15.3. The number of aliphatic hydroxyl groups is 2. The van der Waals surface area contributed by atoms with Gasteiger partial charge in [0, 0.05) is 29.6 Å². The van der Waals surface area contributed by atoms with Crippen LogP contribution < -0.4 is 11.1 Å². The van der Waals surface area contributed by atoms with Gasteiger partial charge in [0.1, 0.15) is 11.6 Å². The molecular weight excluding hydrogens is 437 g/mol. The maximum atomic E-state index is 13.7. The van der Waals surface area contributed by atoms with Gasteiger partial charge in [0.25, 0.3) is 5.91 Å². The molecule has 0 spiro atoms. The average Bonchev–Trinajstić information content (AvgIpc) is 3.21. The van der Waals surface area contributed by atoms with E-state index >= 15 is 0 Å². The summed E-state index contributed by atoms with van der Waals surface area (Å²) in [5.41, 5.74) is 7.41. The first-order valence-electron chi connectivity index (χ1n) is 10.1. The number of carbonyl (C=O) groups is 1. The number of halogens is 2. The summed E-state index contributed by atoms with van der Waals surface area (Å²) in [4.78, 5) is 21.0. The Bertz CT molecular complexity index is 1120. The van der Waals surface area contributed by atoms with Crippen LogP contribution in [-0.2, 0) is 0 Å². The summed E-state index contributed by atoms with van der Waals surface area (Å²) < 4.78 is 15.4. The number of nitrogens with zero attached hydrogens (tertiary/aromatic N) is 3. The highest BCUT2D eigenvalue weighted by molar-refractivity contribution is 6.30. The van der Waals surface area contributed by atoms with Crippen molar-refractivity contribution >= 4 is 23.5 Å². The number of hydrogen-bond donors (Lipinski definition) is 4. The Morgan fingerprint density at radius 3 is 2.66 bits per heavy atom. The van der Waals surface area contributed by atoms with Gasteiger partial charge in [-0.05, 0) is 37.1 Å². The minimum Gasteiger partial charge on any atom is -0.395 e. The topological polar surface area (TPSA) is 126 Å². The second-order valence-corrected chi connectivity index (χ2v) is 7.80. The minimum absolute atomic E-state index is 0.0818. The summed E-state index contributed by atoms with van der Waals surface area (Å²) in [6.07, 6.45) is 3.92. The van der Waals surface area contributed by atoms with Gasteiger partial charge in [-0.25, -0.2) is 9.37 Å². The fourth-order valence-corrected chi connectivity index (χ4v) is 3.67. The smallest absolute Gasteiger partial charge is 0.250 e.